The molecule has 1 aromatic heterocycles. The summed E-state index contributed by atoms with van der Waals surface area (Å²) in [5.41, 5.74) is 22.8. The van der Waals surface area contributed by atoms with Gasteiger partial charge in [-0.05, 0) is 120 Å². The number of hydrogen-bond acceptors (Lipinski definition) is 3. The molecule has 0 spiro atoms. The van der Waals surface area contributed by atoms with Crippen LogP contribution in [0.4, 0.5) is 0 Å². The average molecular weight is 886 g/mol. The van der Waals surface area contributed by atoms with Crippen LogP contribution in [-0.4, -0.2) is 17.4 Å². The summed E-state index contributed by atoms with van der Waals surface area (Å²) in [7, 11) is 0. The van der Waals surface area contributed by atoms with Gasteiger partial charge in [0.25, 0.3) is 0 Å². The van der Waals surface area contributed by atoms with Crippen LogP contribution in [0.15, 0.2) is 222 Å². The highest BCUT2D eigenvalue weighted by atomic mass is 14.8. The molecule has 0 radical (unpaired) electrons. The second kappa shape index (κ2) is 16.5. The zero-order valence-electron chi connectivity index (χ0n) is 39.5. The van der Waals surface area contributed by atoms with Crippen molar-refractivity contribution in [3.05, 3.63) is 251 Å². The van der Waals surface area contributed by atoms with Gasteiger partial charge in [-0.2, -0.15) is 0 Å². The highest BCUT2D eigenvalue weighted by Crippen LogP contribution is 2.52. The van der Waals surface area contributed by atoms with Crippen molar-refractivity contribution in [3.8, 4) is 55.8 Å². The molecule has 2 aliphatic rings. The van der Waals surface area contributed by atoms with Gasteiger partial charge in [0.15, 0.2) is 0 Å². The van der Waals surface area contributed by atoms with Crippen LogP contribution >= 0.6 is 0 Å². The Morgan fingerprint density at radius 1 is 0.449 bits per heavy atom. The van der Waals surface area contributed by atoms with Crippen LogP contribution in [-0.2, 0) is 17.4 Å². The van der Waals surface area contributed by atoms with Gasteiger partial charge in [0.1, 0.15) is 0 Å². The van der Waals surface area contributed by atoms with Gasteiger partial charge in [0.05, 0.1) is 29.2 Å². The van der Waals surface area contributed by atoms with Gasteiger partial charge in [-0.25, -0.2) is 4.98 Å². The van der Waals surface area contributed by atoms with E-state index in [0.717, 1.165) is 66.8 Å². The Morgan fingerprint density at radius 3 is 1.62 bits per heavy atom. The van der Waals surface area contributed by atoms with E-state index in [2.05, 4.69) is 227 Å². The highest BCUT2D eigenvalue weighted by Gasteiger charge is 2.37. The number of allylic oxidation sites excluding steroid dienone is 1. The summed E-state index contributed by atoms with van der Waals surface area (Å²) < 4.78 is 0. The molecule has 9 aromatic carbocycles. The van der Waals surface area contributed by atoms with E-state index in [1.165, 1.54) is 61.0 Å². The maximum absolute atomic E-state index is 5.64. The van der Waals surface area contributed by atoms with Gasteiger partial charge < -0.3 is 0 Å². The largest absolute Gasteiger partial charge is 0.280 e. The van der Waals surface area contributed by atoms with Crippen molar-refractivity contribution in [2.45, 2.75) is 45.1 Å². The number of benzene rings is 9. The quantitative estimate of drug-likeness (QED) is 0.105. The lowest BCUT2D eigenvalue weighted by Gasteiger charge is -2.22. The molecule has 69 heavy (non-hydrogen) atoms. The zero-order chi connectivity index (χ0) is 46.9. The molecule has 0 unspecified atom stereocenters. The number of nitrogens with zero attached hydrogens (tertiary/aromatic N) is 3. The smallest absolute Gasteiger partial charge is 0.0794 e. The molecule has 330 valence electrons. The van der Waals surface area contributed by atoms with E-state index in [9.17, 15) is 0 Å². The lowest BCUT2D eigenvalue weighted by atomic mass is 9.81. The number of aliphatic imine (C=N–C) groups is 2. The lowest BCUT2D eigenvalue weighted by molar-refractivity contribution is 0.660. The van der Waals surface area contributed by atoms with Gasteiger partial charge in [-0.3, -0.25) is 9.98 Å². The first-order chi connectivity index (χ1) is 33.7. The van der Waals surface area contributed by atoms with Crippen molar-refractivity contribution in [1.29, 1.82) is 0 Å². The standard InChI is InChI=1S/C66H51N3/c1-65(2)57-26-16-14-23-49(57)51-34-32-46(36-59(51)65)54-38-56-55(43-28-30-45(31-29-43)61(67-5)40-62(44-20-10-7-11-21-44)68-41-42-18-8-6-9-19-42)39-63(69-64(56)53-25-13-12-22-48(53)54)47-33-35-52-50-24-15-17-27-58(50)66(3,4)60(52)37-47/h6-40H,5,41H2,1-4H3/b61-40-,68-62?. The van der Waals surface area contributed by atoms with Crippen LogP contribution in [0.2, 0.25) is 0 Å². The zero-order valence-corrected chi connectivity index (χ0v) is 39.5. The first kappa shape index (κ1) is 42.1. The molecule has 0 N–H and O–H groups in total. The fraction of sp³-hybridized carbons (Fsp3) is 0.106. The molecule has 3 heteroatoms. The van der Waals surface area contributed by atoms with Gasteiger partial charge in [-0.15, -0.1) is 0 Å². The molecule has 0 fully saturated rings. The normalized spacial score (nSPS) is 14.3. The predicted molar refractivity (Wildman–Crippen MR) is 291 cm³/mol. The summed E-state index contributed by atoms with van der Waals surface area (Å²) in [6.07, 6.45) is 2.06. The van der Waals surface area contributed by atoms with Crippen LogP contribution in [0.3, 0.4) is 0 Å². The second-order valence-electron chi connectivity index (χ2n) is 19.6. The van der Waals surface area contributed by atoms with Crippen LogP contribution in [0, 0.1) is 0 Å². The van der Waals surface area contributed by atoms with E-state index in [4.69, 9.17) is 9.98 Å². The molecule has 12 rings (SSSR count). The fourth-order valence-corrected chi connectivity index (χ4v) is 11.2. The molecule has 0 bridgehead atoms. The Hall–Kier alpha value is -8.27. The third-order valence-corrected chi connectivity index (χ3v) is 14.9. The molecule has 0 atom stereocenters. The van der Waals surface area contributed by atoms with Crippen molar-refractivity contribution >= 4 is 39.8 Å². The predicted octanol–water partition coefficient (Wildman–Crippen LogP) is 16.7. The average Bonchev–Trinajstić information content (AvgIpc) is 3.77. The monoisotopic (exact) mass is 885 g/mol. The molecule has 10 aromatic rings. The molecule has 2 aliphatic carbocycles. The van der Waals surface area contributed by atoms with Gasteiger partial charge in [0.2, 0.25) is 0 Å². The summed E-state index contributed by atoms with van der Waals surface area (Å²) in [6.45, 7) is 14.0. The highest BCUT2D eigenvalue weighted by molar-refractivity contribution is 6.16. The van der Waals surface area contributed by atoms with Crippen LogP contribution in [0.5, 0.6) is 0 Å². The Morgan fingerprint density at radius 2 is 0.971 bits per heavy atom. The number of pyridine rings is 1. The van der Waals surface area contributed by atoms with Gasteiger partial charge in [0, 0.05) is 32.7 Å². The summed E-state index contributed by atoms with van der Waals surface area (Å²) in [6, 6.07) is 74.7. The Kier molecular flexibility index (Phi) is 10.1. The summed E-state index contributed by atoms with van der Waals surface area (Å²) >= 11 is 0. The third kappa shape index (κ3) is 7.08. The lowest BCUT2D eigenvalue weighted by Crippen LogP contribution is -2.15. The number of aromatic nitrogens is 1. The Labute approximate surface area is 405 Å². The summed E-state index contributed by atoms with van der Waals surface area (Å²) in [5.74, 6) is 0. The van der Waals surface area contributed by atoms with E-state index in [1.807, 2.05) is 24.3 Å². The first-order valence-corrected chi connectivity index (χ1v) is 24.0. The van der Waals surface area contributed by atoms with Crippen LogP contribution < -0.4 is 0 Å². The first-order valence-electron chi connectivity index (χ1n) is 24.0. The molecule has 0 aliphatic heterocycles. The minimum Gasteiger partial charge on any atom is -0.280 e. The van der Waals surface area contributed by atoms with Gasteiger partial charge in [-0.1, -0.05) is 210 Å². The van der Waals surface area contributed by atoms with E-state index in [1.54, 1.807) is 0 Å². The summed E-state index contributed by atoms with van der Waals surface area (Å²) in [4.78, 5) is 15.3. The van der Waals surface area contributed by atoms with Crippen molar-refractivity contribution in [2.24, 2.45) is 9.98 Å². The van der Waals surface area contributed by atoms with E-state index >= 15 is 0 Å². The summed E-state index contributed by atoms with van der Waals surface area (Å²) in [5, 5.41) is 3.42. The van der Waals surface area contributed by atoms with Crippen LogP contribution in [0.25, 0.3) is 83.1 Å². The molecular formula is C66H51N3. The molecule has 3 nitrogen and oxygen atoms in total. The topological polar surface area (TPSA) is 37.6 Å². The minimum absolute atomic E-state index is 0.118. The maximum atomic E-state index is 5.64. The number of rotatable bonds is 9. The molecule has 0 saturated carbocycles. The maximum Gasteiger partial charge on any atom is 0.0794 e. The Balaban J connectivity index is 1.03. The number of fused-ring (bicyclic) bond motifs is 9. The van der Waals surface area contributed by atoms with E-state index < -0.39 is 0 Å². The van der Waals surface area contributed by atoms with Gasteiger partial charge >= 0.3 is 0 Å². The molecule has 0 saturated heterocycles. The van der Waals surface area contributed by atoms with E-state index in [0.29, 0.717) is 6.54 Å². The third-order valence-electron chi connectivity index (χ3n) is 14.9. The van der Waals surface area contributed by atoms with Crippen LogP contribution in [0.1, 0.15) is 66.6 Å². The molecule has 1 heterocycles. The van der Waals surface area contributed by atoms with Crippen molar-refractivity contribution < 1.29 is 0 Å². The SMILES string of the molecule is C=N/C(=C\C(=NCc1ccccc1)c1ccccc1)c1ccc(-c2cc(-c3ccc4c(c3)C(C)(C)c3ccccc3-4)nc3c2cc(-c2ccc4c(c2)C(C)(C)c2ccccc2-4)c2ccccc23)cc1. The molecule has 0 amide bonds. The minimum atomic E-state index is -0.137. The van der Waals surface area contributed by atoms with Crippen molar-refractivity contribution in [3.63, 3.8) is 0 Å². The van der Waals surface area contributed by atoms with Crippen molar-refractivity contribution in [1.82, 2.24) is 4.98 Å². The van der Waals surface area contributed by atoms with E-state index in [-0.39, 0.29) is 10.8 Å². The second-order valence-corrected chi connectivity index (χ2v) is 19.6. The Bertz CT molecular complexity index is 3740. The fourth-order valence-electron chi connectivity index (χ4n) is 11.2. The number of hydrogen-bond donors (Lipinski definition) is 0. The van der Waals surface area contributed by atoms with Crippen molar-refractivity contribution in [2.75, 3.05) is 0 Å². The molecular weight excluding hydrogens is 835 g/mol.